The van der Waals surface area contributed by atoms with E-state index < -0.39 is 10.0 Å². The van der Waals surface area contributed by atoms with Crippen molar-refractivity contribution in [2.75, 3.05) is 11.4 Å². The van der Waals surface area contributed by atoms with E-state index >= 15 is 0 Å². The van der Waals surface area contributed by atoms with E-state index in [0.717, 1.165) is 23.2 Å². The molecule has 1 unspecified atom stereocenters. The van der Waals surface area contributed by atoms with Crippen LogP contribution in [-0.4, -0.2) is 26.8 Å². The van der Waals surface area contributed by atoms with Crippen molar-refractivity contribution in [2.45, 2.75) is 37.6 Å². The van der Waals surface area contributed by atoms with E-state index in [1.165, 1.54) is 12.1 Å². The summed E-state index contributed by atoms with van der Waals surface area (Å²) in [6.07, 6.45) is 1.18. The van der Waals surface area contributed by atoms with Gasteiger partial charge in [-0.15, -0.1) is 0 Å². The molecule has 2 aromatic carbocycles. The summed E-state index contributed by atoms with van der Waals surface area (Å²) in [4.78, 5) is 26.4. The molecule has 0 aromatic heterocycles. The fraction of sp³-hybridized carbons (Fsp3) is 0.300. The lowest BCUT2D eigenvalue weighted by molar-refractivity contribution is -0.118. The van der Waals surface area contributed by atoms with Gasteiger partial charge in [0.05, 0.1) is 10.9 Å². The topological polar surface area (TPSA) is 110 Å². The van der Waals surface area contributed by atoms with Crippen molar-refractivity contribution >= 4 is 27.5 Å². The monoisotopic (exact) mass is 401 g/mol. The van der Waals surface area contributed by atoms with E-state index in [4.69, 9.17) is 5.14 Å². The fourth-order valence-corrected chi connectivity index (χ4v) is 3.82. The molecule has 0 saturated carbocycles. The van der Waals surface area contributed by atoms with Crippen molar-refractivity contribution < 1.29 is 18.0 Å². The third-order valence-electron chi connectivity index (χ3n) is 4.90. The van der Waals surface area contributed by atoms with Crippen LogP contribution in [0.15, 0.2) is 47.4 Å². The molecule has 7 nitrogen and oxygen atoms in total. The van der Waals surface area contributed by atoms with Crippen molar-refractivity contribution in [1.29, 1.82) is 0 Å². The number of nitrogens with zero attached hydrogens (tertiary/aromatic N) is 1. The third-order valence-corrected chi connectivity index (χ3v) is 5.83. The molecule has 1 aliphatic rings. The maximum absolute atomic E-state index is 12.6. The van der Waals surface area contributed by atoms with Crippen LogP contribution >= 0.6 is 0 Å². The van der Waals surface area contributed by atoms with Crippen molar-refractivity contribution in [2.24, 2.45) is 5.14 Å². The standard InChI is InChI=1S/C20H23N3O4S/c1-3-19(24)23-11-10-15-12-16(6-9-18(15)23)20(25)22-13(2)14-4-7-17(8-5-14)28(21,26)27/h4-9,12-13H,3,10-11H2,1-2H3,(H,22,25)(H2,21,26,27). The first kappa shape index (κ1) is 20.0. The highest BCUT2D eigenvalue weighted by Crippen LogP contribution is 2.29. The number of benzene rings is 2. The van der Waals surface area contributed by atoms with E-state index in [1.807, 2.05) is 26.0 Å². The molecule has 0 saturated heterocycles. The van der Waals surface area contributed by atoms with Gasteiger partial charge in [-0.25, -0.2) is 13.6 Å². The molecule has 0 fully saturated rings. The van der Waals surface area contributed by atoms with Crippen LogP contribution in [0.1, 0.15) is 47.8 Å². The largest absolute Gasteiger partial charge is 0.346 e. The first-order valence-corrected chi connectivity index (χ1v) is 10.6. The molecule has 3 rings (SSSR count). The predicted molar refractivity (Wildman–Crippen MR) is 106 cm³/mol. The van der Waals surface area contributed by atoms with Crippen LogP contribution in [-0.2, 0) is 21.2 Å². The van der Waals surface area contributed by atoms with Crippen LogP contribution in [0.25, 0.3) is 0 Å². The quantitative estimate of drug-likeness (QED) is 0.800. The van der Waals surface area contributed by atoms with Crippen molar-refractivity contribution in [3.05, 3.63) is 59.2 Å². The number of amides is 2. The number of nitrogens with two attached hydrogens (primary N) is 1. The van der Waals surface area contributed by atoms with Crippen molar-refractivity contribution in [3.8, 4) is 0 Å². The average molecular weight is 401 g/mol. The van der Waals surface area contributed by atoms with Crippen LogP contribution in [0.5, 0.6) is 0 Å². The first-order valence-electron chi connectivity index (χ1n) is 9.07. The number of hydrogen-bond donors (Lipinski definition) is 2. The smallest absolute Gasteiger partial charge is 0.251 e. The molecule has 1 atom stereocenters. The maximum Gasteiger partial charge on any atom is 0.251 e. The Morgan fingerprint density at radius 3 is 2.46 bits per heavy atom. The number of hydrogen-bond acceptors (Lipinski definition) is 4. The van der Waals surface area contributed by atoms with Gasteiger partial charge in [-0.1, -0.05) is 19.1 Å². The normalized spacial score (nSPS) is 14.5. The van der Waals surface area contributed by atoms with Gasteiger partial charge < -0.3 is 10.2 Å². The van der Waals surface area contributed by atoms with Gasteiger partial charge in [0, 0.05) is 24.2 Å². The third kappa shape index (κ3) is 4.07. The Bertz CT molecular complexity index is 1020. The first-order chi connectivity index (χ1) is 13.2. The Morgan fingerprint density at radius 2 is 1.86 bits per heavy atom. The Labute approximate surface area is 164 Å². The maximum atomic E-state index is 12.6. The van der Waals surface area contributed by atoms with E-state index in [0.29, 0.717) is 18.5 Å². The molecule has 2 amide bonds. The van der Waals surface area contributed by atoms with Crippen LogP contribution in [0.3, 0.4) is 0 Å². The number of carbonyl (C=O) groups excluding carboxylic acids is 2. The van der Waals surface area contributed by atoms with Crippen LogP contribution in [0.4, 0.5) is 5.69 Å². The predicted octanol–water partition coefficient (Wildman–Crippen LogP) is 2.12. The molecule has 3 N–H and O–H groups in total. The number of nitrogens with one attached hydrogen (secondary N) is 1. The van der Waals surface area contributed by atoms with Crippen LogP contribution in [0.2, 0.25) is 0 Å². The molecular formula is C20H23N3O4S. The zero-order valence-corrected chi connectivity index (χ0v) is 16.6. The highest BCUT2D eigenvalue weighted by Gasteiger charge is 2.24. The van der Waals surface area contributed by atoms with Gasteiger partial charge in [0.15, 0.2) is 0 Å². The summed E-state index contributed by atoms with van der Waals surface area (Å²) in [5.74, 6) is -0.154. The minimum Gasteiger partial charge on any atom is -0.346 e. The van der Waals surface area contributed by atoms with E-state index in [-0.39, 0.29) is 22.8 Å². The van der Waals surface area contributed by atoms with Gasteiger partial charge in [0.1, 0.15) is 0 Å². The molecule has 1 heterocycles. The van der Waals surface area contributed by atoms with Gasteiger partial charge in [0.25, 0.3) is 5.91 Å². The highest BCUT2D eigenvalue weighted by molar-refractivity contribution is 7.89. The summed E-state index contributed by atoms with van der Waals surface area (Å²) < 4.78 is 22.7. The second-order valence-corrected chi connectivity index (χ2v) is 8.36. The Kier molecular flexibility index (Phi) is 5.53. The summed E-state index contributed by atoms with van der Waals surface area (Å²) in [5, 5.41) is 8.01. The average Bonchev–Trinajstić information content (AvgIpc) is 3.10. The summed E-state index contributed by atoms with van der Waals surface area (Å²) in [7, 11) is -3.75. The lowest BCUT2D eigenvalue weighted by atomic mass is 10.1. The molecular weight excluding hydrogens is 378 g/mol. The second-order valence-electron chi connectivity index (χ2n) is 6.80. The summed E-state index contributed by atoms with van der Waals surface area (Å²) in [5.41, 5.74) is 3.15. The highest BCUT2D eigenvalue weighted by atomic mass is 32.2. The molecule has 8 heteroatoms. The summed E-state index contributed by atoms with van der Waals surface area (Å²) in [6.45, 7) is 4.29. The van der Waals surface area contributed by atoms with Gasteiger partial charge in [-0.3, -0.25) is 9.59 Å². The van der Waals surface area contributed by atoms with Crippen LogP contribution < -0.4 is 15.4 Å². The van der Waals surface area contributed by atoms with E-state index in [9.17, 15) is 18.0 Å². The second kappa shape index (κ2) is 7.73. The molecule has 1 aliphatic heterocycles. The van der Waals surface area contributed by atoms with Gasteiger partial charge in [0.2, 0.25) is 15.9 Å². The van der Waals surface area contributed by atoms with Crippen molar-refractivity contribution in [1.82, 2.24) is 5.32 Å². The molecule has 0 radical (unpaired) electrons. The molecule has 0 aliphatic carbocycles. The van der Waals surface area contributed by atoms with Gasteiger partial charge in [-0.2, -0.15) is 0 Å². The van der Waals surface area contributed by atoms with Gasteiger partial charge in [-0.05, 0) is 54.8 Å². The molecule has 0 bridgehead atoms. The SMILES string of the molecule is CCC(=O)N1CCc2cc(C(=O)NC(C)c3ccc(S(N)(=O)=O)cc3)ccc21. The minimum atomic E-state index is -3.75. The number of primary sulfonamides is 1. The number of carbonyl (C=O) groups is 2. The van der Waals surface area contributed by atoms with Crippen molar-refractivity contribution in [3.63, 3.8) is 0 Å². The zero-order chi connectivity index (χ0) is 20.5. The Balaban J connectivity index is 1.72. The Morgan fingerprint density at radius 1 is 1.18 bits per heavy atom. The zero-order valence-electron chi connectivity index (χ0n) is 15.8. The molecule has 2 aromatic rings. The lowest BCUT2D eigenvalue weighted by Crippen LogP contribution is -2.28. The summed E-state index contributed by atoms with van der Waals surface area (Å²) >= 11 is 0. The number of anilines is 1. The lowest BCUT2D eigenvalue weighted by Gasteiger charge is -2.17. The van der Waals surface area contributed by atoms with Gasteiger partial charge >= 0.3 is 0 Å². The van der Waals surface area contributed by atoms with E-state index in [1.54, 1.807) is 23.1 Å². The molecule has 0 spiro atoms. The molecule has 28 heavy (non-hydrogen) atoms. The van der Waals surface area contributed by atoms with Crippen LogP contribution in [0, 0.1) is 0 Å². The molecule has 148 valence electrons. The minimum absolute atomic E-state index is 0.0274. The fourth-order valence-electron chi connectivity index (χ4n) is 3.30. The summed E-state index contributed by atoms with van der Waals surface area (Å²) in [6, 6.07) is 11.1. The number of fused-ring (bicyclic) bond motifs is 1. The van der Waals surface area contributed by atoms with E-state index in [2.05, 4.69) is 5.32 Å². The Hall–Kier alpha value is -2.71. The number of rotatable bonds is 5. The number of sulfonamides is 1.